The number of carboxylic acids is 1. The molecule has 0 aliphatic carbocycles. The number of nitrogens with two attached hydrogens (primary N) is 2. The van der Waals surface area contributed by atoms with Crippen LogP contribution in [0.1, 0.15) is 19.3 Å². The maximum absolute atomic E-state index is 10.1. The minimum absolute atomic E-state index is 0. The van der Waals surface area contributed by atoms with Crippen molar-refractivity contribution >= 4 is 18.4 Å². The summed E-state index contributed by atoms with van der Waals surface area (Å²) in [4.78, 5) is 10.1. The van der Waals surface area contributed by atoms with Gasteiger partial charge in [-0.3, -0.25) is 4.79 Å². The van der Waals surface area contributed by atoms with Crippen molar-refractivity contribution in [2.75, 3.05) is 6.54 Å². The summed E-state index contributed by atoms with van der Waals surface area (Å²) >= 11 is 0. The van der Waals surface area contributed by atoms with Crippen LogP contribution in [0.5, 0.6) is 0 Å². The Hall–Kier alpha value is 0.186. The predicted octanol–water partition coefficient (Wildman–Crippen LogP) is -0.0534. The number of hydrogen-bond donors (Lipinski definition) is 3. The smallest absolute Gasteiger partial charge is 0.320 e. The molecule has 0 saturated carbocycles. The van der Waals surface area contributed by atoms with Crippen molar-refractivity contribution in [3.63, 3.8) is 0 Å². The van der Waals surface area contributed by atoms with E-state index in [9.17, 15) is 4.79 Å². The van der Waals surface area contributed by atoms with Crippen LogP contribution in [-0.4, -0.2) is 23.7 Å². The monoisotopic (exact) mass is 241 g/mol. The zero-order valence-corrected chi connectivity index (χ0v) is 8.52. The predicted molar refractivity (Wildman–Crippen MR) is 45.8 cm³/mol. The van der Waals surface area contributed by atoms with E-state index >= 15 is 0 Å². The molecule has 5 N–H and O–H groups in total. The van der Waals surface area contributed by atoms with Gasteiger partial charge in [-0.25, -0.2) is 0 Å². The number of hydrogen-bond acceptors (Lipinski definition) is 3. The fourth-order valence-electron chi connectivity index (χ4n) is 0.632. The van der Waals surface area contributed by atoms with E-state index in [1.165, 1.54) is 0 Å². The summed E-state index contributed by atoms with van der Waals surface area (Å²) in [6.45, 7) is 0.604. The molecule has 4 nitrogen and oxygen atoms in total. The standard InChI is InChI=1S/C6H14N2O2.ClH.Co/c7-4-2-1-3-5(8)6(9)10;;/h5H,1-4,7-8H2,(H,9,10);1H;. The average Bonchev–Trinajstić information content (AvgIpc) is 1.88. The number of aliphatic carboxylic acids is 1. The van der Waals surface area contributed by atoms with Gasteiger partial charge < -0.3 is 16.6 Å². The third-order valence-electron chi connectivity index (χ3n) is 1.29. The van der Waals surface area contributed by atoms with Crippen molar-refractivity contribution in [2.24, 2.45) is 11.5 Å². The summed E-state index contributed by atoms with van der Waals surface area (Å²) in [7, 11) is 0. The molecule has 77 valence electrons. The van der Waals surface area contributed by atoms with Crippen LogP contribution in [0.3, 0.4) is 0 Å². The maximum Gasteiger partial charge on any atom is 0.320 e. The van der Waals surface area contributed by atoms with Gasteiger partial charge >= 0.3 is 5.97 Å². The van der Waals surface area contributed by atoms with E-state index in [4.69, 9.17) is 16.6 Å². The quantitative estimate of drug-likeness (QED) is 0.589. The van der Waals surface area contributed by atoms with Gasteiger partial charge in [0.1, 0.15) is 6.04 Å². The molecule has 6 heteroatoms. The Labute approximate surface area is 88.7 Å². The SMILES string of the molecule is Cl.NCCCCC(N)C(=O)O.[Co]. The maximum atomic E-state index is 10.1. The van der Waals surface area contributed by atoms with Gasteiger partial charge in [0.25, 0.3) is 0 Å². The average molecular weight is 242 g/mol. The largest absolute Gasteiger partial charge is 0.480 e. The molecule has 0 aromatic heterocycles. The molecule has 1 atom stereocenters. The molecule has 12 heavy (non-hydrogen) atoms. The van der Waals surface area contributed by atoms with E-state index in [2.05, 4.69) is 0 Å². The van der Waals surface area contributed by atoms with Crippen LogP contribution in [0.25, 0.3) is 0 Å². The third kappa shape index (κ3) is 10.2. The molecule has 0 spiro atoms. The van der Waals surface area contributed by atoms with Gasteiger partial charge in [0, 0.05) is 16.8 Å². The van der Waals surface area contributed by atoms with Gasteiger partial charge in [-0.1, -0.05) is 6.42 Å². The zero-order valence-electron chi connectivity index (χ0n) is 6.66. The molecule has 0 saturated heterocycles. The Morgan fingerprint density at radius 1 is 1.42 bits per heavy atom. The molecular formula is C6H15ClCoN2O2. The second-order valence-electron chi connectivity index (χ2n) is 2.23. The van der Waals surface area contributed by atoms with Gasteiger partial charge in [-0.2, -0.15) is 0 Å². The molecule has 0 aliphatic rings. The summed E-state index contributed by atoms with van der Waals surface area (Å²) in [5.41, 5.74) is 10.4. The first-order chi connectivity index (χ1) is 4.68. The molecular weight excluding hydrogens is 226 g/mol. The number of rotatable bonds is 5. The fraction of sp³-hybridized carbons (Fsp3) is 0.833. The Morgan fingerprint density at radius 2 is 1.92 bits per heavy atom. The van der Waals surface area contributed by atoms with E-state index in [1.54, 1.807) is 0 Å². The van der Waals surface area contributed by atoms with Crippen LogP contribution in [-0.2, 0) is 21.6 Å². The first-order valence-corrected chi connectivity index (χ1v) is 3.37. The Morgan fingerprint density at radius 3 is 2.25 bits per heavy atom. The van der Waals surface area contributed by atoms with Crippen LogP contribution in [0.4, 0.5) is 0 Å². The van der Waals surface area contributed by atoms with Crippen LogP contribution in [0, 0.1) is 0 Å². The molecule has 0 amide bonds. The van der Waals surface area contributed by atoms with E-state index in [0.29, 0.717) is 13.0 Å². The summed E-state index contributed by atoms with van der Waals surface area (Å²) in [6, 6.07) is -0.716. The number of halogens is 1. The van der Waals surface area contributed by atoms with Crippen LogP contribution in [0.15, 0.2) is 0 Å². The van der Waals surface area contributed by atoms with Crippen molar-refractivity contribution in [2.45, 2.75) is 25.3 Å². The molecule has 0 heterocycles. The first-order valence-electron chi connectivity index (χ1n) is 3.37. The molecule has 0 rings (SSSR count). The van der Waals surface area contributed by atoms with Gasteiger partial charge in [-0.05, 0) is 19.4 Å². The second-order valence-corrected chi connectivity index (χ2v) is 2.23. The fourth-order valence-corrected chi connectivity index (χ4v) is 0.632. The molecule has 1 radical (unpaired) electrons. The molecule has 1 unspecified atom stereocenters. The van der Waals surface area contributed by atoms with Crippen LogP contribution in [0.2, 0.25) is 0 Å². The Kier molecular flexibility index (Phi) is 16.8. The molecule has 0 aromatic rings. The number of carboxylic acid groups (broad SMARTS) is 1. The van der Waals surface area contributed by atoms with Gasteiger partial charge in [0.2, 0.25) is 0 Å². The van der Waals surface area contributed by atoms with Gasteiger partial charge in [-0.15, -0.1) is 12.4 Å². The molecule has 0 aromatic carbocycles. The molecule has 0 bridgehead atoms. The van der Waals surface area contributed by atoms with Gasteiger partial charge in [0.15, 0.2) is 0 Å². The van der Waals surface area contributed by atoms with Crippen molar-refractivity contribution < 1.29 is 26.7 Å². The van der Waals surface area contributed by atoms with E-state index < -0.39 is 12.0 Å². The Balaban J connectivity index is -0.000000405. The van der Waals surface area contributed by atoms with Crippen molar-refractivity contribution in [3.8, 4) is 0 Å². The zero-order chi connectivity index (χ0) is 7.98. The summed E-state index contributed by atoms with van der Waals surface area (Å²) < 4.78 is 0. The summed E-state index contributed by atoms with van der Waals surface area (Å²) in [5.74, 6) is -0.933. The van der Waals surface area contributed by atoms with Crippen molar-refractivity contribution in [1.29, 1.82) is 0 Å². The van der Waals surface area contributed by atoms with Crippen LogP contribution >= 0.6 is 12.4 Å². The third-order valence-corrected chi connectivity index (χ3v) is 1.29. The molecule has 0 aliphatic heterocycles. The minimum atomic E-state index is -0.933. The van der Waals surface area contributed by atoms with E-state index in [1.807, 2.05) is 0 Å². The Bertz CT molecular complexity index is 116. The number of unbranched alkanes of at least 4 members (excludes halogenated alkanes) is 1. The van der Waals surface area contributed by atoms with Crippen LogP contribution < -0.4 is 11.5 Å². The van der Waals surface area contributed by atoms with Gasteiger partial charge in [0.05, 0.1) is 0 Å². The number of carbonyl (C=O) groups is 1. The molecule has 0 fully saturated rings. The second kappa shape index (κ2) is 11.2. The van der Waals surface area contributed by atoms with E-state index in [-0.39, 0.29) is 29.2 Å². The summed E-state index contributed by atoms with van der Waals surface area (Å²) in [5, 5.41) is 8.33. The normalized spacial score (nSPS) is 10.8. The van der Waals surface area contributed by atoms with E-state index in [0.717, 1.165) is 12.8 Å². The topological polar surface area (TPSA) is 89.3 Å². The summed E-state index contributed by atoms with van der Waals surface area (Å²) in [6.07, 6.45) is 2.16. The van der Waals surface area contributed by atoms with Crippen molar-refractivity contribution in [3.05, 3.63) is 0 Å². The first kappa shape index (κ1) is 18.1. The van der Waals surface area contributed by atoms with Crippen molar-refractivity contribution in [1.82, 2.24) is 0 Å². The minimum Gasteiger partial charge on any atom is -0.480 e.